The van der Waals surface area contributed by atoms with Crippen molar-refractivity contribution in [1.29, 1.82) is 0 Å². The molecule has 0 aliphatic rings. The molecular formula is C14H17ClN2OS. The fraction of sp³-hybridized carbons (Fsp3) is 0.286. The maximum atomic E-state index is 5.94. The van der Waals surface area contributed by atoms with E-state index in [2.05, 4.69) is 16.9 Å². The van der Waals surface area contributed by atoms with Crippen molar-refractivity contribution in [1.82, 2.24) is 5.43 Å². The van der Waals surface area contributed by atoms with Gasteiger partial charge in [-0.25, -0.2) is 0 Å². The first-order chi connectivity index (χ1) is 9.19. The smallest absolute Gasteiger partial charge is 0.121 e. The Morgan fingerprint density at radius 3 is 2.84 bits per heavy atom. The molecule has 0 spiro atoms. The van der Waals surface area contributed by atoms with E-state index in [1.54, 1.807) is 17.4 Å². The van der Waals surface area contributed by atoms with Crippen molar-refractivity contribution in [3.05, 3.63) is 51.7 Å². The molecular weight excluding hydrogens is 280 g/mol. The van der Waals surface area contributed by atoms with Gasteiger partial charge in [0.05, 0.1) is 6.04 Å². The van der Waals surface area contributed by atoms with E-state index in [0.717, 1.165) is 12.2 Å². The summed E-state index contributed by atoms with van der Waals surface area (Å²) in [5, 5.41) is 2.73. The number of hydrazine groups is 1. The second-order valence-corrected chi connectivity index (χ2v) is 5.81. The minimum absolute atomic E-state index is 0.0504. The van der Waals surface area contributed by atoms with Crippen LogP contribution >= 0.6 is 22.9 Å². The van der Waals surface area contributed by atoms with E-state index in [0.29, 0.717) is 5.02 Å². The van der Waals surface area contributed by atoms with E-state index in [4.69, 9.17) is 22.2 Å². The molecule has 2 aromatic rings. The predicted molar refractivity (Wildman–Crippen MR) is 80.7 cm³/mol. The third kappa shape index (κ3) is 4.21. The highest BCUT2D eigenvalue weighted by Crippen LogP contribution is 2.20. The number of ether oxygens (including phenoxy) is 1. The molecule has 0 bridgehead atoms. The van der Waals surface area contributed by atoms with E-state index < -0.39 is 0 Å². The first kappa shape index (κ1) is 14.3. The number of hydrogen-bond acceptors (Lipinski definition) is 4. The Labute approximate surface area is 122 Å². The molecule has 19 heavy (non-hydrogen) atoms. The van der Waals surface area contributed by atoms with E-state index in [-0.39, 0.29) is 12.1 Å². The average Bonchev–Trinajstić information content (AvgIpc) is 2.88. The van der Waals surface area contributed by atoms with Gasteiger partial charge in [-0.1, -0.05) is 23.7 Å². The molecule has 0 fully saturated rings. The zero-order valence-corrected chi connectivity index (χ0v) is 12.2. The molecule has 0 aliphatic carbocycles. The quantitative estimate of drug-likeness (QED) is 0.635. The minimum atomic E-state index is -0.0504. The molecule has 3 N–H and O–H groups in total. The van der Waals surface area contributed by atoms with Crippen LogP contribution in [0.4, 0.5) is 0 Å². The van der Waals surface area contributed by atoms with Gasteiger partial charge in [-0.3, -0.25) is 11.3 Å². The first-order valence-corrected chi connectivity index (χ1v) is 7.35. The van der Waals surface area contributed by atoms with Crippen LogP contribution in [0.15, 0.2) is 41.8 Å². The summed E-state index contributed by atoms with van der Waals surface area (Å²) in [5.41, 5.74) is 2.82. The van der Waals surface area contributed by atoms with Crippen LogP contribution in [0, 0.1) is 0 Å². The lowest BCUT2D eigenvalue weighted by atomic mass is 10.1. The highest BCUT2D eigenvalue weighted by Gasteiger charge is 2.18. The van der Waals surface area contributed by atoms with Crippen molar-refractivity contribution >= 4 is 22.9 Å². The van der Waals surface area contributed by atoms with Gasteiger partial charge in [0.2, 0.25) is 0 Å². The van der Waals surface area contributed by atoms with Crippen LogP contribution in [-0.4, -0.2) is 12.1 Å². The zero-order chi connectivity index (χ0) is 13.7. The molecule has 102 valence electrons. The normalized spacial score (nSPS) is 14.1. The van der Waals surface area contributed by atoms with Crippen molar-refractivity contribution < 1.29 is 4.74 Å². The summed E-state index contributed by atoms with van der Waals surface area (Å²) < 4.78 is 5.87. The Morgan fingerprint density at radius 2 is 2.21 bits per heavy atom. The lowest BCUT2D eigenvalue weighted by Crippen LogP contribution is -2.46. The van der Waals surface area contributed by atoms with E-state index in [1.165, 1.54) is 4.88 Å². The van der Waals surface area contributed by atoms with Gasteiger partial charge in [0.25, 0.3) is 0 Å². The Bertz CT molecular complexity index is 504. The van der Waals surface area contributed by atoms with E-state index in [9.17, 15) is 0 Å². The molecule has 2 rings (SSSR count). The fourth-order valence-corrected chi connectivity index (χ4v) is 2.79. The van der Waals surface area contributed by atoms with Crippen molar-refractivity contribution in [2.24, 2.45) is 5.84 Å². The predicted octanol–water partition coefficient (Wildman–Crippen LogP) is 3.24. The topological polar surface area (TPSA) is 47.3 Å². The summed E-state index contributed by atoms with van der Waals surface area (Å²) in [4.78, 5) is 1.28. The largest absolute Gasteiger partial charge is 0.489 e. The number of nitrogens with one attached hydrogen (secondary N) is 1. The maximum absolute atomic E-state index is 5.94. The van der Waals surface area contributed by atoms with Crippen LogP contribution in [0.3, 0.4) is 0 Å². The molecule has 0 saturated heterocycles. The van der Waals surface area contributed by atoms with E-state index >= 15 is 0 Å². The number of nitrogens with two attached hydrogens (primary N) is 1. The number of rotatable bonds is 6. The van der Waals surface area contributed by atoms with Gasteiger partial charge in [-0.2, -0.15) is 0 Å². The monoisotopic (exact) mass is 296 g/mol. The summed E-state index contributed by atoms with van der Waals surface area (Å²) in [6.45, 7) is 2.00. The third-order valence-corrected chi connectivity index (χ3v) is 4.03. The molecule has 1 aromatic carbocycles. The second kappa shape index (κ2) is 6.91. The number of halogens is 1. The van der Waals surface area contributed by atoms with Crippen LogP contribution in [-0.2, 0) is 6.42 Å². The highest BCUT2D eigenvalue weighted by molar-refractivity contribution is 7.09. The molecule has 5 heteroatoms. The van der Waals surface area contributed by atoms with Gasteiger partial charge in [-0.15, -0.1) is 11.3 Å². The Morgan fingerprint density at radius 1 is 1.37 bits per heavy atom. The summed E-state index contributed by atoms with van der Waals surface area (Å²) in [7, 11) is 0. The number of thiophene rings is 1. The van der Waals surface area contributed by atoms with Crippen LogP contribution < -0.4 is 16.0 Å². The second-order valence-electron chi connectivity index (χ2n) is 4.34. The first-order valence-electron chi connectivity index (χ1n) is 6.10. The molecule has 0 amide bonds. The van der Waals surface area contributed by atoms with Crippen LogP contribution in [0.5, 0.6) is 5.75 Å². The summed E-state index contributed by atoms with van der Waals surface area (Å²) >= 11 is 7.66. The zero-order valence-electron chi connectivity index (χ0n) is 10.7. The summed E-state index contributed by atoms with van der Waals surface area (Å²) in [5.74, 6) is 6.38. The summed E-state index contributed by atoms with van der Waals surface area (Å²) in [6, 6.07) is 11.6. The molecule has 1 aromatic heterocycles. The molecule has 0 aliphatic heterocycles. The number of benzene rings is 1. The summed E-state index contributed by atoms with van der Waals surface area (Å²) in [6.07, 6.45) is 0.793. The standard InChI is InChI=1S/C14H17ClN2OS/c1-10(18-12-5-2-4-11(15)8-12)14(17-16)9-13-6-3-7-19-13/h2-8,10,14,17H,9,16H2,1H3. The molecule has 1 heterocycles. The Kier molecular flexibility index (Phi) is 5.22. The van der Waals surface area contributed by atoms with Crippen LogP contribution in [0.1, 0.15) is 11.8 Å². The Balaban J connectivity index is 1.98. The van der Waals surface area contributed by atoms with Gasteiger partial charge < -0.3 is 4.74 Å². The molecule has 0 saturated carbocycles. The van der Waals surface area contributed by atoms with Crippen molar-refractivity contribution in [3.63, 3.8) is 0 Å². The SMILES string of the molecule is CC(Oc1cccc(Cl)c1)C(Cc1cccs1)NN. The van der Waals surface area contributed by atoms with Crippen LogP contribution in [0.25, 0.3) is 0 Å². The maximum Gasteiger partial charge on any atom is 0.121 e. The molecule has 3 nitrogen and oxygen atoms in total. The molecule has 2 unspecified atom stereocenters. The van der Waals surface area contributed by atoms with Crippen LogP contribution in [0.2, 0.25) is 5.02 Å². The Hall–Kier alpha value is -1.07. The van der Waals surface area contributed by atoms with Crippen molar-refractivity contribution in [2.75, 3.05) is 0 Å². The van der Waals surface area contributed by atoms with E-state index in [1.807, 2.05) is 31.2 Å². The highest BCUT2D eigenvalue weighted by atomic mass is 35.5. The number of hydrogen-bond donors (Lipinski definition) is 2. The molecule has 0 radical (unpaired) electrons. The average molecular weight is 297 g/mol. The van der Waals surface area contributed by atoms with Crippen molar-refractivity contribution in [2.45, 2.75) is 25.5 Å². The van der Waals surface area contributed by atoms with Crippen molar-refractivity contribution in [3.8, 4) is 5.75 Å². The van der Waals surface area contributed by atoms with Gasteiger partial charge in [0.15, 0.2) is 0 Å². The van der Waals surface area contributed by atoms with Gasteiger partial charge in [0.1, 0.15) is 11.9 Å². The lowest BCUT2D eigenvalue weighted by Gasteiger charge is -2.24. The lowest BCUT2D eigenvalue weighted by molar-refractivity contribution is 0.170. The van der Waals surface area contributed by atoms with Gasteiger partial charge >= 0.3 is 0 Å². The van der Waals surface area contributed by atoms with Gasteiger partial charge in [-0.05, 0) is 36.6 Å². The fourth-order valence-electron chi connectivity index (χ4n) is 1.84. The molecule has 2 atom stereocenters. The van der Waals surface area contributed by atoms with Gasteiger partial charge in [0, 0.05) is 16.3 Å². The minimum Gasteiger partial charge on any atom is -0.489 e. The third-order valence-electron chi connectivity index (χ3n) is 2.90.